The molecule has 1 aromatic carbocycles. The molecule has 8 nitrogen and oxygen atoms in total. The summed E-state index contributed by atoms with van der Waals surface area (Å²) in [6.07, 6.45) is 2.29. The molecular weight excluding hydrogens is 437 g/mol. The number of rotatable bonds is 4. The number of aromatic nitrogens is 2. The zero-order chi connectivity index (χ0) is 24.0. The van der Waals surface area contributed by atoms with Crippen molar-refractivity contribution in [2.24, 2.45) is 0 Å². The summed E-state index contributed by atoms with van der Waals surface area (Å²) in [5.74, 6) is 0.114. The number of hydrogen-bond donors (Lipinski definition) is 0. The molecule has 4 heterocycles. The number of anilines is 2. The van der Waals surface area contributed by atoms with Crippen LogP contribution in [-0.2, 0) is 17.7 Å². The lowest BCUT2D eigenvalue weighted by Crippen LogP contribution is -2.37. The molecule has 0 atom stereocenters. The molecule has 2 aliphatic rings. The highest BCUT2D eigenvalue weighted by Gasteiger charge is 2.26. The Kier molecular flexibility index (Phi) is 5.73. The van der Waals surface area contributed by atoms with E-state index >= 15 is 0 Å². The number of ether oxygens (including phenoxy) is 1. The maximum atomic E-state index is 14.8. The fraction of sp³-hybridized carbons (Fsp3) is 0.400. The van der Waals surface area contributed by atoms with Gasteiger partial charge in [-0.2, -0.15) is 0 Å². The molecule has 0 radical (unpaired) electrons. The highest BCUT2D eigenvalue weighted by atomic mass is 19.1. The number of nitrogens with zero attached hydrogens (tertiary/aromatic N) is 5. The summed E-state index contributed by atoms with van der Waals surface area (Å²) >= 11 is 0. The Morgan fingerprint density at radius 3 is 2.68 bits per heavy atom. The minimum atomic E-state index is -0.262. The molecule has 1 saturated heterocycles. The Balaban J connectivity index is 1.64. The number of carbonyl (C=O) groups is 1. The van der Waals surface area contributed by atoms with Crippen molar-refractivity contribution in [3.63, 3.8) is 0 Å². The van der Waals surface area contributed by atoms with E-state index in [9.17, 15) is 14.0 Å². The van der Waals surface area contributed by atoms with Crippen LogP contribution >= 0.6 is 0 Å². The van der Waals surface area contributed by atoms with E-state index in [0.717, 1.165) is 17.5 Å². The van der Waals surface area contributed by atoms with E-state index in [0.29, 0.717) is 67.7 Å². The van der Waals surface area contributed by atoms with Gasteiger partial charge in [0.1, 0.15) is 17.3 Å². The summed E-state index contributed by atoms with van der Waals surface area (Å²) < 4.78 is 21.7. The number of benzene rings is 1. The van der Waals surface area contributed by atoms with Crippen molar-refractivity contribution in [1.29, 1.82) is 0 Å². The predicted octanol–water partition coefficient (Wildman–Crippen LogP) is 2.24. The molecule has 0 unspecified atom stereocenters. The van der Waals surface area contributed by atoms with Gasteiger partial charge in [0.25, 0.3) is 11.5 Å². The average molecular weight is 466 g/mol. The van der Waals surface area contributed by atoms with Gasteiger partial charge in [0, 0.05) is 58.1 Å². The Labute approximate surface area is 197 Å². The average Bonchev–Trinajstić information content (AvgIpc) is 3.26. The highest BCUT2D eigenvalue weighted by Crippen LogP contribution is 2.34. The summed E-state index contributed by atoms with van der Waals surface area (Å²) in [7, 11) is 3.34. The number of halogens is 1. The van der Waals surface area contributed by atoms with Crippen LogP contribution < -0.4 is 15.4 Å². The van der Waals surface area contributed by atoms with Crippen molar-refractivity contribution in [1.82, 2.24) is 14.3 Å². The molecule has 5 rings (SSSR count). The molecule has 1 amide bonds. The summed E-state index contributed by atoms with van der Waals surface area (Å²) in [5, 5.41) is 0. The van der Waals surface area contributed by atoms with Crippen LogP contribution in [0, 0.1) is 12.7 Å². The highest BCUT2D eigenvalue weighted by molar-refractivity contribution is 5.94. The third kappa shape index (κ3) is 3.90. The number of aryl methyl sites for hydroxylation is 1. The topological polar surface area (TPSA) is 70.4 Å². The molecule has 0 spiro atoms. The van der Waals surface area contributed by atoms with Crippen LogP contribution in [0.2, 0.25) is 0 Å². The lowest BCUT2D eigenvalue weighted by atomic mass is 10.1. The molecule has 0 saturated carbocycles. The van der Waals surface area contributed by atoms with Crippen LogP contribution in [0.3, 0.4) is 0 Å². The second-order valence-electron chi connectivity index (χ2n) is 9.06. The van der Waals surface area contributed by atoms with Gasteiger partial charge in [-0.1, -0.05) is 6.07 Å². The van der Waals surface area contributed by atoms with Crippen molar-refractivity contribution in [2.45, 2.75) is 19.9 Å². The Bertz CT molecular complexity index is 1330. The van der Waals surface area contributed by atoms with E-state index in [1.807, 2.05) is 16.7 Å². The number of carbonyl (C=O) groups excluding carboxylic acids is 1. The minimum Gasteiger partial charge on any atom is -0.378 e. The van der Waals surface area contributed by atoms with E-state index in [2.05, 4.69) is 0 Å². The Morgan fingerprint density at radius 1 is 1.18 bits per heavy atom. The third-order valence-electron chi connectivity index (χ3n) is 6.59. The Hall–Kier alpha value is -3.46. The maximum absolute atomic E-state index is 14.8. The van der Waals surface area contributed by atoms with Gasteiger partial charge in [0.2, 0.25) is 0 Å². The van der Waals surface area contributed by atoms with Crippen molar-refractivity contribution in [2.75, 3.05) is 56.7 Å². The van der Waals surface area contributed by atoms with Crippen LogP contribution in [0.25, 0.3) is 5.65 Å². The molecule has 0 bridgehead atoms. The van der Waals surface area contributed by atoms with Crippen molar-refractivity contribution < 1.29 is 13.9 Å². The lowest BCUT2D eigenvalue weighted by Gasteiger charge is -2.28. The monoisotopic (exact) mass is 465 g/mol. The van der Waals surface area contributed by atoms with E-state index in [1.54, 1.807) is 32.4 Å². The number of hydrogen-bond acceptors (Lipinski definition) is 6. The number of amides is 1. The normalized spacial score (nSPS) is 15.6. The molecule has 178 valence electrons. The first-order valence-electron chi connectivity index (χ1n) is 11.5. The largest absolute Gasteiger partial charge is 0.378 e. The van der Waals surface area contributed by atoms with E-state index in [-0.39, 0.29) is 17.3 Å². The maximum Gasteiger partial charge on any atom is 0.259 e. The molecule has 2 aromatic heterocycles. The standard InChI is InChI=1S/C25H28FN5O3/c1-16-4-5-20(26)23-19(16)6-7-30(23)14-17-12-18(25(33)28(2)3)15-31-22(32)13-21(27-24(17)31)29-8-10-34-11-9-29/h4-5,12-13,15H,6-11,14H2,1-3H3. The number of pyridine rings is 1. The summed E-state index contributed by atoms with van der Waals surface area (Å²) in [4.78, 5) is 36.2. The summed E-state index contributed by atoms with van der Waals surface area (Å²) in [5.41, 5.74) is 3.96. The third-order valence-corrected chi connectivity index (χ3v) is 6.59. The van der Waals surface area contributed by atoms with Crippen LogP contribution in [0.4, 0.5) is 15.9 Å². The second-order valence-corrected chi connectivity index (χ2v) is 9.06. The quantitative estimate of drug-likeness (QED) is 0.589. The molecule has 34 heavy (non-hydrogen) atoms. The zero-order valence-electron chi connectivity index (χ0n) is 19.7. The smallest absolute Gasteiger partial charge is 0.259 e. The van der Waals surface area contributed by atoms with E-state index in [4.69, 9.17) is 9.72 Å². The zero-order valence-corrected chi connectivity index (χ0v) is 19.7. The summed E-state index contributed by atoms with van der Waals surface area (Å²) in [6.45, 7) is 5.44. The molecule has 2 aliphatic heterocycles. The molecule has 9 heteroatoms. The fourth-order valence-corrected chi connectivity index (χ4v) is 4.79. The minimum absolute atomic E-state index is 0.212. The molecule has 0 N–H and O–H groups in total. The molecular formula is C25H28FN5O3. The van der Waals surface area contributed by atoms with Gasteiger partial charge in [0.05, 0.1) is 24.5 Å². The fourth-order valence-electron chi connectivity index (χ4n) is 4.79. The SMILES string of the molecule is Cc1ccc(F)c2c1CCN2Cc1cc(C(=O)N(C)C)cn2c(=O)cc(N3CCOCC3)nc12. The van der Waals surface area contributed by atoms with Crippen molar-refractivity contribution in [3.05, 3.63) is 68.9 Å². The molecule has 1 fully saturated rings. The van der Waals surface area contributed by atoms with E-state index in [1.165, 1.54) is 21.4 Å². The first-order chi connectivity index (χ1) is 16.3. The first-order valence-corrected chi connectivity index (χ1v) is 11.5. The number of fused-ring (bicyclic) bond motifs is 2. The van der Waals surface area contributed by atoms with Gasteiger partial charge in [-0.15, -0.1) is 0 Å². The van der Waals surface area contributed by atoms with E-state index < -0.39 is 0 Å². The van der Waals surface area contributed by atoms with Crippen molar-refractivity contribution >= 4 is 23.1 Å². The number of morpholine rings is 1. The van der Waals surface area contributed by atoms with Gasteiger partial charge >= 0.3 is 0 Å². The van der Waals surface area contributed by atoms with Crippen LogP contribution in [-0.4, -0.2) is 67.1 Å². The predicted molar refractivity (Wildman–Crippen MR) is 128 cm³/mol. The van der Waals surface area contributed by atoms with Gasteiger partial charge in [-0.25, -0.2) is 9.37 Å². The first kappa shape index (κ1) is 22.3. The van der Waals surface area contributed by atoms with Gasteiger partial charge in [0.15, 0.2) is 0 Å². The molecule has 0 aliphatic carbocycles. The van der Waals surface area contributed by atoms with Crippen LogP contribution in [0.15, 0.2) is 35.3 Å². The lowest BCUT2D eigenvalue weighted by molar-refractivity contribution is 0.0827. The van der Waals surface area contributed by atoms with Crippen LogP contribution in [0.5, 0.6) is 0 Å². The second kappa shape index (κ2) is 8.72. The molecule has 3 aromatic rings. The summed E-state index contributed by atoms with van der Waals surface area (Å²) in [6, 6.07) is 6.58. The van der Waals surface area contributed by atoms with Gasteiger partial charge < -0.3 is 19.4 Å². The van der Waals surface area contributed by atoms with Gasteiger partial charge in [-0.05, 0) is 36.6 Å². The van der Waals surface area contributed by atoms with Gasteiger partial charge in [-0.3, -0.25) is 14.0 Å². The van der Waals surface area contributed by atoms with Crippen molar-refractivity contribution in [3.8, 4) is 0 Å². The Morgan fingerprint density at radius 2 is 1.94 bits per heavy atom. The van der Waals surface area contributed by atoms with Crippen LogP contribution in [0.1, 0.15) is 27.0 Å².